The summed E-state index contributed by atoms with van der Waals surface area (Å²) >= 11 is 0.781. The van der Waals surface area contributed by atoms with Crippen LogP contribution in [-0.2, 0) is 106 Å². The number of carbonyl (C=O) groups excluding carboxylic acids is 17. The van der Waals surface area contributed by atoms with Gasteiger partial charge in [-0.15, -0.1) is 11.8 Å². The third kappa shape index (κ3) is 28.9. The number of rotatable bonds is 25. The Bertz CT molecular complexity index is 4930. The predicted octanol–water partition coefficient (Wildman–Crippen LogP) is -2.94. The summed E-state index contributed by atoms with van der Waals surface area (Å²) < 4.78 is 0. The monoisotopic (exact) mass is 1840 g/mol. The van der Waals surface area contributed by atoms with E-state index < -0.39 is 254 Å². The number of unbranched alkanes of at least 4 members (excludes halogenated alkanes) is 2. The molecule has 0 aliphatic carbocycles. The highest BCUT2D eigenvalue weighted by molar-refractivity contribution is 8.00. The fourth-order valence-corrected chi connectivity index (χ4v) is 17.0. The molecular formula is C88H124N20O22S. The summed E-state index contributed by atoms with van der Waals surface area (Å²) in [5, 5.41) is 69.4. The summed E-state index contributed by atoms with van der Waals surface area (Å²) in [4.78, 5) is 272. The minimum atomic E-state index is -1.96. The lowest BCUT2D eigenvalue weighted by molar-refractivity contribution is -0.149. The number of carboxylic acids is 1. The smallest absolute Gasteiger partial charge is 0.303 e. The van der Waals surface area contributed by atoms with Crippen LogP contribution < -0.4 is 70.4 Å². The highest BCUT2D eigenvalue weighted by Crippen LogP contribution is 2.28. The SMILES string of the molecule is CCCC[C@H]1C(=O)N(C)[C@@H](CCCC)C(=O)N[C@@H](CC(C)C)C(=O)N[C@H](C(=O)NCC(N)=O)CSCC(=O)N[C@@H](Cc2ccc(O)cc2)C(=O)N(C)[C@@H](C)C(=O)N[C@@H](CC(N)=O)C(=O)N2CCC[C@H]2C(=O)N[C@@H](CO)C(=O)N[C@@H](CCC(=O)O)C(=O)N2C[C@H](O)C[C@H]2C(=O)N[C@@H](Cc2c[nH]c3ccccc23)C(=O)N[C@@H](CCN)C(=O)N[C@@H](Cc2c[nH]c3ccccc23)C(=O)N1C. The van der Waals surface area contributed by atoms with Crippen molar-refractivity contribution in [1.82, 2.24) is 87.6 Å². The number of phenolic OH excluding ortho intramolecular Hbond substituents is 1. The van der Waals surface area contributed by atoms with Crippen LogP contribution in [0.2, 0.25) is 0 Å². The molecule has 3 aromatic carbocycles. The fraction of sp³-hybridized carbons (Fsp3) is 0.545. The van der Waals surface area contributed by atoms with Gasteiger partial charge in [0.15, 0.2) is 0 Å². The zero-order valence-corrected chi connectivity index (χ0v) is 75.6. The number of hydrogen-bond acceptors (Lipinski definition) is 23. The zero-order valence-electron chi connectivity index (χ0n) is 74.8. The lowest BCUT2D eigenvalue weighted by Crippen LogP contribution is -2.61. The molecule has 714 valence electrons. The van der Waals surface area contributed by atoms with Gasteiger partial charge >= 0.3 is 5.97 Å². The van der Waals surface area contributed by atoms with Gasteiger partial charge in [-0.05, 0) is 105 Å². The zero-order chi connectivity index (χ0) is 96.2. The number of nitrogens with one attached hydrogen (secondary N) is 12. The number of aromatic nitrogens is 2. The van der Waals surface area contributed by atoms with Crippen molar-refractivity contribution in [2.45, 2.75) is 234 Å². The summed E-state index contributed by atoms with van der Waals surface area (Å²) in [5.41, 5.74) is 20.0. The number of aromatic amines is 2. The average Bonchev–Trinajstić information content (AvgIpc) is 1.72. The number of hydrogen-bond donors (Lipinski definition) is 19. The standard InChI is InChI=1S/C88H124N20O22S/c1-9-11-22-67-81(123)98-60(34-47(3)4)78(120)103-66(76(118)94-42-72(91)113)45-131-46-73(114)95-62(35-49-25-27-52(110)28-26-49)84(126)104(6)48(5)75(117)100-64(39-71(90)112)87(129)107-33-17-24-68(107)82(124)102-65(44-109)80(122)97-59(29-30-74(115)116)86(128)108-43-53(111)38-70(108)83(125)99-61(36-50-40-92-56-20-15-13-18-54(50)56)79(121)96-58(31-32-89)77(119)101-63(37-51-41-93-57-21-16-14-19-55(51)57)85(127)106(8)69(23-12-10-2)88(130)105(67)7/h13-16,18-21,25-28,40-41,47-48,53,58-70,92-93,109-111H,9-12,17,22-24,29-39,42-46,89H2,1-8H3,(H2,90,112)(H2,91,113)(H,94,118)(H,95,114)(H,96,121)(H,97,122)(H,98,123)(H,99,125)(H,100,117)(H,101,119)(H,102,124)(H,103,120)(H,115,116)/t48-,53+,58-,59-,60-,61-,62-,63-,64-,65-,66-,67-,68-,69-,70-/m0/s1. The minimum absolute atomic E-state index is 0.0194. The number of primary amides is 2. The molecule has 0 saturated carbocycles. The van der Waals surface area contributed by atoms with Crippen molar-refractivity contribution in [3.63, 3.8) is 0 Å². The second-order valence-electron chi connectivity index (χ2n) is 33.7. The van der Waals surface area contributed by atoms with Crippen LogP contribution in [0.15, 0.2) is 85.2 Å². The van der Waals surface area contributed by atoms with Crippen molar-refractivity contribution in [3.8, 4) is 5.75 Å². The number of aromatic hydroxyl groups is 1. The molecule has 8 rings (SSSR count). The van der Waals surface area contributed by atoms with Gasteiger partial charge in [0.25, 0.3) is 0 Å². The van der Waals surface area contributed by atoms with E-state index in [-0.39, 0.29) is 82.5 Å². The molecular weight excluding hydrogens is 1720 g/mol. The quantitative estimate of drug-likeness (QED) is 0.0278. The van der Waals surface area contributed by atoms with E-state index in [1.54, 1.807) is 74.8 Å². The maximum absolute atomic E-state index is 15.8. The third-order valence-corrected chi connectivity index (χ3v) is 24.5. The fourth-order valence-electron chi connectivity index (χ4n) is 16.1. The number of para-hydroxylation sites is 2. The summed E-state index contributed by atoms with van der Waals surface area (Å²) in [5.74, 6) is -19.5. The lowest BCUT2D eigenvalue weighted by atomic mass is 9.99. The molecule has 131 heavy (non-hydrogen) atoms. The average molecular weight is 1850 g/mol. The van der Waals surface area contributed by atoms with Crippen molar-refractivity contribution >= 4 is 140 Å². The molecule has 5 aromatic rings. The lowest BCUT2D eigenvalue weighted by Gasteiger charge is -2.36. The van der Waals surface area contributed by atoms with Crippen molar-refractivity contribution in [2.75, 3.05) is 65.4 Å². The van der Waals surface area contributed by atoms with E-state index in [1.807, 2.05) is 13.8 Å². The molecule has 22 N–H and O–H groups in total. The first kappa shape index (κ1) is 104. The molecule has 42 nitrogen and oxygen atoms in total. The Hall–Kier alpha value is -12.8. The number of H-pyrrole nitrogens is 2. The van der Waals surface area contributed by atoms with Gasteiger partial charge < -0.3 is 125 Å². The number of likely N-dealkylation sites (N-methyl/N-ethyl adjacent to an activating group) is 3. The molecule has 3 fully saturated rings. The van der Waals surface area contributed by atoms with Crippen molar-refractivity contribution < 1.29 is 107 Å². The van der Waals surface area contributed by atoms with Gasteiger partial charge in [0.2, 0.25) is 100 Å². The van der Waals surface area contributed by atoms with E-state index in [9.17, 15) is 73.2 Å². The highest BCUT2D eigenvalue weighted by atomic mass is 32.2. The van der Waals surface area contributed by atoms with Crippen LogP contribution in [0.3, 0.4) is 0 Å². The molecule has 3 saturated heterocycles. The van der Waals surface area contributed by atoms with Gasteiger partial charge in [0.1, 0.15) is 90.3 Å². The number of amides is 17. The number of carboxylic acid groups (broad SMARTS) is 1. The van der Waals surface area contributed by atoms with E-state index in [0.29, 0.717) is 64.2 Å². The van der Waals surface area contributed by atoms with Gasteiger partial charge in [0, 0.05) is 106 Å². The number of nitrogens with two attached hydrogens (primary N) is 3. The Balaban J connectivity index is 1.19. The summed E-state index contributed by atoms with van der Waals surface area (Å²) in [6.45, 7) is 5.52. The van der Waals surface area contributed by atoms with E-state index in [4.69, 9.17) is 17.2 Å². The number of benzene rings is 3. The van der Waals surface area contributed by atoms with Crippen LogP contribution >= 0.6 is 11.8 Å². The van der Waals surface area contributed by atoms with Crippen LogP contribution in [0, 0.1) is 5.92 Å². The molecule has 0 unspecified atom stereocenters. The number of aliphatic hydroxyl groups excluding tert-OH is 2. The molecule has 5 heterocycles. The number of thioether (sulfide) groups is 1. The summed E-state index contributed by atoms with van der Waals surface area (Å²) in [7, 11) is 3.94. The van der Waals surface area contributed by atoms with Crippen LogP contribution in [0.4, 0.5) is 0 Å². The van der Waals surface area contributed by atoms with Crippen LogP contribution in [0.25, 0.3) is 21.8 Å². The van der Waals surface area contributed by atoms with E-state index in [1.165, 1.54) is 62.1 Å². The first-order chi connectivity index (χ1) is 62.3. The minimum Gasteiger partial charge on any atom is -0.508 e. The number of carbonyl (C=O) groups is 18. The van der Waals surface area contributed by atoms with Crippen LogP contribution in [-0.4, -0.2) is 317 Å². The maximum atomic E-state index is 15.8. The molecule has 2 aromatic heterocycles. The van der Waals surface area contributed by atoms with Crippen molar-refractivity contribution in [2.24, 2.45) is 23.1 Å². The number of phenols is 1. The Kier molecular flexibility index (Phi) is 39.0. The van der Waals surface area contributed by atoms with Crippen molar-refractivity contribution in [1.29, 1.82) is 0 Å². The van der Waals surface area contributed by atoms with Gasteiger partial charge in [-0.2, -0.15) is 0 Å². The Morgan fingerprint density at radius 3 is 1.66 bits per heavy atom. The summed E-state index contributed by atoms with van der Waals surface area (Å²) in [6.07, 6.45) is -0.484. The van der Waals surface area contributed by atoms with Gasteiger partial charge in [-0.1, -0.05) is 102 Å². The number of aliphatic carboxylic acids is 1. The Labute approximate surface area is 761 Å². The number of nitrogens with zero attached hydrogens (tertiary/aromatic N) is 5. The topological polar surface area (TPSA) is 634 Å². The number of fused-ring (bicyclic) bond motifs is 4. The van der Waals surface area contributed by atoms with E-state index in [2.05, 4.69) is 63.1 Å². The molecule has 17 amide bonds. The van der Waals surface area contributed by atoms with Gasteiger partial charge in [-0.25, -0.2) is 0 Å². The van der Waals surface area contributed by atoms with Gasteiger partial charge in [0.05, 0.1) is 31.4 Å². The van der Waals surface area contributed by atoms with Gasteiger partial charge in [-0.3, -0.25) is 86.3 Å². The maximum Gasteiger partial charge on any atom is 0.303 e. The molecule has 0 bridgehead atoms. The predicted molar refractivity (Wildman–Crippen MR) is 479 cm³/mol. The largest absolute Gasteiger partial charge is 0.508 e. The van der Waals surface area contributed by atoms with E-state index >= 15 is 33.6 Å². The second kappa shape index (κ2) is 49.3. The molecule has 0 radical (unpaired) electrons. The Morgan fingerprint density at radius 1 is 0.542 bits per heavy atom. The third-order valence-electron chi connectivity index (χ3n) is 23.5. The molecule has 3 aliphatic rings. The molecule has 3 aliphatic heterocycles. The molecule has 43 heteroatoms. The molecule has 15 atom stereocenters. The summed E-state index contributed by atoms with van der Waals surface area (Å²) in [6, 6.07) is -2.77. The Morgan fingerprint density at radius 2 is 1.06 bits per heavy atom. The highest BCUT2D eigenvalue weighted by Gasteiger charge is 2.47. The molecule has 0 spiro atoms. The first-order valence-electron chi connectivity index (χ1n) is 43.9. The second-order valence-corrected chi connectivity index (χ2v) is 34.8. The number of aliphatic hydroxyl groups is 2. The van der Waals surface area contributed by atoms with Crippen LogP contribution in [0.5, 0.6) is 5.75 Å². The van der Waals surface area contributed by atoms with E-state index in [0.717, 1.165) is 26.5 Å². The van der Waals surface area contributed by atoms with Crippen LogP contribution in [0.1, 0.15) is 141 Å². The first-order valence-corrected chi connectivity index (χ1v) is 45.1. The normalized spacial score (nSPS) is 25.2. The van der Waals surface area contributed by atoms with Crippen molar-refractivity contribution in [3.05, 3.63) is 102 Å².